The van der Waals surface area contributed by atoms with Crippen LogP contribution in [0, 0.1) is 6.92 Å². The lowest BCUT2D eigenvalue weighted by Crippen LogP contribution is -2.20. The lowest BCUT2D eigenvalue weighted by atomic mass is 10.0. The first kappa shape index (κ1) is 15.1. The lowest BCUT2D eigenvalue weighted by Gasteiger charge is -2.10. The van der Waals surface area contributed by atoms with Crippen molar-refractivity contribution in [2.45, 2.75) is 26.7 Å². The molecule has 0 unspecified atom stereocenters. The number of carbonyl (C=O) groups is 1. The Hall–Kier alpha value is -2.29. The molecule has 1 amide bonds. The van der Waals surface area contributed by atoms with Crippen molar-refractivity contribution in [2.75, 3.05) is 11.9 Å². The molecule has 2 aromatic carbocycles. The number of nitrogens with one attached hydrogen (secondary N) is 1. The van der Waals surface area contributed by atoms with Crippen LogP contribution in [0.15, 0.2) is 48.5 Å². The Bertz CT molecular complexity index is 603. The van der Waals surface area contributed by atoms with Gasteiger partial charge in [0.25, 0.3) is 5.91 Å². The number of aryl methyl sites for hydroxylation is 1. The van der Waals surface area contributed by atoms with Crippen LogP contribution in [0.4, 0.5) is 5.69 Å². The van der Waals surface area contributed by atoms with E-state index in [0.29, 0.717) is 5.92 Å². The highest BCUT2D eigenvalue weighted by molar-refractivity contribution is 5.91. The molecule has 0 aliphatic heterocycles. The zero-order valence-electron chi connectivity index (χ0n) is 12.7. The maximum Gasteiger partial charge on any atom is 0.262 e. The molecule has 0 atom stereocenters. The summed E-state index contributed by atoms with van der Waals surface area (Å²) >= 11 is 0. The van der Waals surface area contributed by atoms with E-state index in [9.17, 15) is 4.79 Å². The smallest absolute Gasteiger partial charge is 0.262 e. The van der Waals surface area contributed by atoms with E-state index >= 15 is 0 Å². The maximum absolute atomic E-state index is 11.9. The van der Waals surface area contributed by atoms with E-state index < -0.39 is 0 Å². The molecule has 0 radical (unpaired) electrons. The minimum Gasteiger partial charge on any atom is -0.484 e. The van der Waals surface area contributed by atoms with Crippen LogP contribution in [0.1, 0.15) is 30.9 Å². The van der Waals surface area contributed by atoms with E-state index in [0.717, 1.165) is 17.0 Å². The second kappa shape index (κ2) is 6.93. The van der Waals surface area contributed by atoms with Gasteiger partial charge in [-0.3, -0.25) is 4.79 Å². The van der Waals surface area contributed by atoms with Crippen LogP contribution < -0.4 is 10.1 Å². The number of carbonyl (C=O) groups excluding carboxylic acids is 1. The van der Waals surface area contributed by atoms with Crippen molar-refractivity contribution < 1.29 is 9.53 Å². The molecule has 0 aliphatic carbocycles. The Morgan fingerprint density at radius 3 is 2.52 bits per heavy atom. The second-order valence-electron chi connectivity index (χ2n) is 5.43. The number of rotatable bonds is 5. The average Bonchev–Trinajstić information content (AvgIpc) is 2.48. The molecule has 0 saturated heterocycles. The van der Waals surface area contributed by atoms with Gasteiger partial charge in [-0.15, -0.1) is 0 Å². The first-order chi connectivity index (χ1) is 10.0. The molecule has 110 valence electrons. The van der Waals surface area contributed by atoms with E-state index in [4.69, 9.17) is 4.74 Å². The SMILES string of the molecule is Cc1ccc(NC(=O)COc2cccc(C(C)C)c2)cc1. The monoisotopic (exact) mass is 283 g/mol. The standard InChI is InChI=1S/C18H21NO2/c1-13(2)15-5-4-6-17(11-15)21-12-18(20)19-16-9-7-14(3)8-10-16/h4-11,13H,12H2,1-3H3,(H,19,20). The summed E-state index contributed by atoms with van der Waals surface area (Å²) in [6, 6.07) is 15.5. The Labute approximate surface area is 126 Å². The molecule has 2 rings (SSSR count). The summed E-state index contributed by atoms with van der Waals surface area (Å²) in [5, 5.41) is 2.81. The van der Waals surface area contributed by atoms with Gasteiger partial charge < -0.3 is 10.1 Å². The van der Waals surface area contributed by atoms with Crippen molar-refractivity contribution >= 4 is 11.6 Å². The number of benzene rings is 2. The Morgan fingerprint density at radius 2 is 1.86 bits per heavy atom. The molecule has 0 saturated carbocycles. The Balaban J connectivity index is 1.89. The van der Waals surface area contributed by atoms with Crippen molar-refractivity contribution in [1.82, 2.24) is 0 Å². The summed E-state index contributed by atoms with van der Waals surface area (Å²) in [5.41, 5.74) is 3.14. The number of ether oxygens (including phenoxy) is 1. The number of hydrogen-bond acceptors (Lipinski definition) is 2. The first-order valence-corrected chi connectivity index (χ1v) is 7.14. The van der Waals surface area contributed by atoms with Gasteiger partial charge in [0.1, 0.15) is 5.75 Å². The van der Waals surface area contributed by atoms with E-state index in [1.807, 2.05) is 49.4 Å². The number of amides is 1. The molecule has 0 heterocycles. The van der Waals surface area contributed by atoms with Gasteiger partial charge in [-0.25, -0.2) is 0 Å². The van der Waals surface area contributed by atoms with Crippen LogP contribution >= 0.6 is 0 Å². The van der Waals surface area contributed by atoms with Crippen LogP contribution in [0.2, 0.25) is 0 Å². The van der Waals surface area contributed by atoms with Crippen molar-refractivity contribution in [2.24, 2.45) is 0 Å². The fourth-order valence-electron chi connectivity index (χ4n) is 1.95. The summed E-state index contributed by atoms with van der Waals surface area (Å²) < 4.78 is 5.54. The normalized spacial score (nSPS) is 10.5. The summed E-state index contributed by atoms with van der Waals surface area (Å²) in [6.07, 6.45) is 0. The molecule has 3 heteroatoms. The third-order valence-corrected chi connectivity index (χ3v) is 3.23. The third kappa shape index (κ3) is 4.63. The van der Waals surface area contributed by atoms with Crippen molar-refractivity contribution in [3.63, 3.8) is 0 Å². The topological polar surface area (TPSA) is 38.3 Å². The molecule has 21 heavy (non-hydrogen) atoms. The predicted molar refractivity (Wildman–Crippen MR) is 85.8 cm³/mol. The Morgan fingerprint density at radius 1 is 1.14 bits per heavy atom. The van der Waals surface area contributed by atoms with Crippen LogP contribution in [-0.2, 0) is 4.79 Å². The highest BCUT2D eigenvalue weighted by Gasteiger charge is 2.05. The van der Waals surface area contributed by atoms with Crippen molar-refractivity contribution in [1.29, 1.82) is 0 Å². The highest BCUT2D eigenvalue weighted by Crippen LogP contribution is 2.20. The van der Waals surface area contributed by atoms with Gasteiger partial charge in [0, 0.05) is 5.69 Å². The van der Waals surface area contributed by atoms with E-state index in [1.54, 1.807) is 0 Å². The molecule has 3 nitrogen and oxygen atoms in total. The summed E-state index contributed by atoms with van der Waals surface area (Å²) in [5.74, 6) is 1.00. The molecule has 0 fully saturated rings. The zero-order valence-corrected chi connectivity index (χ0v) is 12.7. The molecular formula is C18H21NO2. The second-order valence-corrected chi connectivity index (χ2v) is 5.43. The van der Waals surface area contributed by atoms with E-state index in [1.165, 1.54) is 5.56 Å². The minimum absolute atomic E-state index is 0.00935. The first-order valence-electron chi connectivity index (χ1n) is 7.14. The lowest BCUT2D eigenvalue weighted by molar-refractivity contribution is -0.118. The molecule has 0 spiro atoms. The van der Waals surface area contributed by atoms with Crippen LogP contribution in [-0.4, -0.2) is 12.5 Å². The predicted octanol–water partition coefficient (Wildman–Crippen LogP) is 4.14. The molecule has 0 aliphatic rings. The molecular weight excluding hydrogens is 262 g/mol. The summed E-state index contributed by atoms with van der Waals surface area (Å²) in [7, 11) is 0. The Kier molecular flexibility index (Phi) is 4.99. The van der Waals surface area contributed by atoms with Crippen LogP contribution in [0.3, 0.4) is 0 Å². The average molecular weight is 283 g/mol. The van der Waals surface area contributed by atoms with Gasteiger partial charge in [-0.2, -0.15) is 0 Å². The molecule has 0 aromatic heterocycles. The van der Waals surface area contributed by atoms with Crippen molar-refractivity contribution in [3.05, 3.63) is 59.7 Å². The summed E-state index contributed by atoms with van der Waals surface area (Å²) in [6.45, 7) is 6.28. The number of anilines is 1. The van der Waals surface area contributed by atoms with Gasteiger partial charge in [0.05, 0.1) is 0 Å². The zero-order chi connectivity index (χ0) is 15.2. The highest BCUT2D eigenvalue weighted by atomic mass is 16.5. The van der Waals surface area contributed by atoms with Gasteiger partial charge in [0.15, 0.2) is 6.61 Å². The maximum atomic E-state index is 11.9. The van der Waals surface area contributed by atoms with Gasteiger partial charge in [-0.1, -0.05) is 43.7 Å². The largest absolute Gasteiger partial charge is 0.484 e. The number of hydrogen-bond donors (Lipinski definition) is 1. The van der Waals surface area contributed by atoms with Crippen LogP contribution in [0.25, 0.3) is 0 Å². The molecule has 2 aromatic rings. The third-order valence-electron chi connectivity index (χ3n) is 3.23. The molecule has 1 N–H and O–H groups in total. The van der Waals surface area contributed by atoms with E-state index in [-0.39, 0.29) is 12.5 Å². The van der Waals surface area contributed by atoms with Gasteiger partial charge in [0.2, 0.25) is 0 Å². The van der Waals surface area contributed by atoms with E-state index in [2.05, 4.69) is 25.2 Å². The van der Waals surface area contributed by atoms with Gasteiger partial charge in [-0.05, 0) is 42.7 Å². The quantitative estimate of drug-likeness (QED) is 0.895. The van der Waals surface area contributed by atoms with Crippen LogP contribution in [0.5, 0.6) is 5.75 Å². The summed E-state index contributed by atoms with van der Waals surface area (Å²) in [4.78, 5) is 11.9. The fraction of sp³-hybridized carbons (Fsp3) is 0.278. The van der Waals surface area contributed by atoms with Crippen molar-refractivity contribution in [3.8, 4) is 5.75 Å². The van der Waals surface area contributed by atoms with Gasteiger partial charge >= 0.3 is 0 Å². The fourth-order valence-corrected chi connectivity index (χ4v) is 1.95. The minimum atomic E-state index is -0.159. The molecule has 0 bridgehead atoms.